The van der Waals surface area contributed by atoms with Crippen molar-refractivity contribution >= 4 is 11.3 Å². The van der Waals surface area contributed by atoms with E-state index in [-0.39, 0.29) is 6.04 Å². The monoisotopic (exact) mass is 274 g/mol. The summed E-state index contributed by atoms with van der Waals surface area (Å²) in [7, 11) is 0. The lowest BCUT2D eigenvalue weighted by Gasteiger charge is -2.12. The molecule has 19 heavy (non-hydrogen) atoms. The van der Waals surface area contributed by atoms with Gasteiger partial charge >= 0.3 is 0 Å². The van der Waals surface area contributed by atoms with E-state index < -0.39 is 0 Å². The van der Waals surface area contributed by atoms with E-state index in [1.54, 1.807) is 11.3 Å². The summed E-state index contributed by atoms with van der Waals surface area (Å²) in [6.45, 7) is 8.59. The van der Waals surface area contributed by atoms with Gasteiger partial charge in [0.1, 0.15) is 0 Å². The van der Waals surface area contributed by atoms with Crippen molar-refractivity contribution in [1.82, 2.24) is 4.98 Å². The normalized spacial score (nSPS) is 12.9. The highest BCUT2D eigenvalue weighted by molar-refractivity contribution is 7.09. The fourth-order valence-electron chi connectivity index (χ4n) is 1.99. The second-order valence-electron chi connectivity index (χ2n) is 5.48. The first-order valence-corrected chi connectivity index (χ1v) is 7.62. The third-order valence-electron chi connectivity index (χ3n) is 3.51. The van der Waals surface area contributed by atoms with Gasteiger partial charge in [-0.1, -0.05) is 32.0 Å². The number of hydrogen-bond donors (Lipinski definition) is 1. The quantitative estimate of drug-likeness (QED) is 0.910. The molecule has 0 spiro atoms. The smallest absolute Gasteiger partial charge is 0.0947 e. The third kappa shape index (κ3) is 3.43. The summed E-state index contributed by atoms with van der Waals surface area (Å²) >= 11 is 1.72. The first-order chi connectivity index (χ1) is 8.97. The van der Waals surface area contributed by atoms with E-state index >= 15 is 0 Å². The zero-order valence-electron chi connectivity index (χ0n) is 12.1. The summed E-state index contributed by atoms with van der Waals surface area (Å²) in [6, 6.07) is 6.50. The van der Waals surface area contributed by atoms with Crippen molar-refractivity contribution in [2.24, 2.45) is 5.73 Å². The van der Waals surface area contributed by atoms with Crippen molar-refractivity contribution < 1.29 is 0 Å². The van der Waals surface area contributed by atoms with Crippen molar-refractivity contribution in [2.45, 2.75) is 46.1 Å². The molecule has 0 aliphatic heterocycles. The second-order valence-corrected chi connectivity index (χ2v) is 6.42. The number of nitrogens with zero attached hydrogens (tertiary/aromatic N) is 1. The van der Waals surface area contributed by atoms with Gasteiger partial charge in [0, 0.05) is 17.8 Å². The molecule has 0 saturated heterocycles. The molecule has 1 heterocycles. The molecule has 0 saturated carbocycles. The predicted octanol–water partition coefficient (Wildman–Crippen LogP) is 4.13. The summed E-state index contributed by atoms with van der Waals surface area (Å²) < 4.78 is 0. The zero-order chi connectivity index (χ0) is 14.0. The molecule has 0 fully saturated rings. The Labute approximate surface area is 119 Å². The minimum atomic E-state index is 0.0328. The molecular weight excluding hydrogens is 252 g/mol. The van der Waals surface area contributed by atoms with Crippen LogP contribution < -0.4 is 5.73 Å². The molecule has 1 atom stereocenters. The minimum absolute atomic E-state index is 0.0328. The van der Waals surface area contributed by atoms with E-state index in [1.165, 1.54) is 22.4 Å². The van der Waals surface area contributed by atoms with E-state index in [9.17, 15) is 0 Å². The maximum atomic E-state index is 6.30. The molecule has 1 aromatic carbocycles. The second kappa shape index (κ2) is 5.85. The van der Waals surface area contributed by atoms with Crippen LogP contribution in [0.5, 0.6) is 0 Å². The molecule has 0 radical (unpaired) electrons. The molecule has 3 heteroatoms. The van der Waals surface area contributed by atoms with Crippen LogP contribution in [0.1, 0.15) is 53.2 Å². The fourth-order valence-corrected chi connectivity index (χ4v) is 3.00. The van der Waals surface area contributed by atoms with Crippen LogP contribution in [0, 0.1) is 13.8 Å². The fraction of sp³-hybridized carbons (Fsp3) is 0.438. The maximum Gasteiger partial charge on any atom is 0.0947 e. The Kier molecular flexibility index (Phi) is 4.38. The first kappa shape index (κ1) is 14.2. The highest BCUT2D eigenvalue weighted by Crippen LogP contribution is 2.23. The average molecular weight is 274 g/mol. The van der Waals surface area contributed by atoms with Crippen LogP contribution in [-0.2, 0) is 6.42 Å². The Morgan fingerprint density at radius 2 is 1.95 bits per heavy atom. The standard InChI is InChI=1S/C16H22N2S/c1-10(2)15-9-19-16(18-15)8-14(17)13-6-5-11(3)12(4)7-13/h5-7,9-10,14H,8,17H2,1-4H3. The van der Waals surface area contributed by atoms with Crippen molar-refractivity contribution in [2.75, 3.05) is 0 Å². The Hall–Kier alpha value is -1.19. The molecule has 1 unspecified atom stereocenters. The summed E-state index contributed by atoms with van der Waals surface area (Å²) in [4.78, 5) is 4.65. The molecule has 2 aromatic rings. The maximum absolute atomic E-state index is 6.30. The van der Waals surface area contributed by atoms with Crippen molar-refractivity contribution in [1.29, 1.82) is 0 Å². The summed E-state index contributed by atoms with van der Waals surface area (Å²) in [6.07, 6.45) is 0.819. The average Bonchev–Trinajstić information content (AvgIpc) is 2.81. The van der Waals surface area contributed by atoms with Crippen LogP contribution in [-0.4, -0.2) is 4.98 Å². The molecule has 2 nitrogen and oxygen atoms in total. The molecule has 0 bridgehead atoms. The van der Waals surface area contributed by atoms with E-state index in [4.69, 9.17) is 5.73 Å². The third-order valence-corrected chi connectivity index (χ3v) is 4.40. The number of thiazole rings is 1. The Morgan fingerprint density at radius 1 is 1.21 bits per heavy atom. The highest BCUT2D eigenvalue weighted by atomic mass is 32.1. The molecule has 0 aliphatic carbocycles. The zero-order valence-corrected chi connectivity index (χ0v) is 12.9. The largest absolute Gasteiger partial charge is 0.324 e. The first-order valence-electron chi connectivity index (χ1n) is 6.74. The number of rotatable bonds is 4. The van der Waals surface area contributed by atoms with Crippen molar-refractivity contribution in [3.63, 3.8) is 0 Å². The molecule has 102 valence electrons. The van der Waals surface area contributed by atoms with Gasteiger partial charge in [0.25, 0.3) is 0 Å². The van der Waals surface area contributed by atoms with Crippen molar-refractivity contribution in [3.8, 4) is 0 Å². The van der Waals surface area contributed by atoms with Crippen LogP contribution >= 0.6 is 11.3 Å². The van der Waals surface area contributed by atoms with Gasteiger partial charge in [0.05, 0.1) is 10.7 Å². The minimum Gasteiger partial charge on any atom is -0.324 e. The van der Waals surface area contributed by atoms with Crippen LogP contribution in [0.3, 0.4) is 0 Å². The summed E-state index contributed by atoms with van der Waals surface area (Å²) in [5.74, 6) is 0.489. The topological polar surface area (TPSA) is 38.9 Å². The van der Waals surface area contributed by atoms with Gasteiger partial charge in [-0.3, -0.25) is 0 Å². The molecular formula is C16H22N2S. The Bertz CT molecular complexity index is 558. The van der Waals surface area contributed by atoms with Crippen LogP contribution in [0.15, 0.2) is 23.6 Å². The highest BCUT2D eigenvalue weighted by Gasteiger charge is 2.12. The van der Waals surface area contributed by atoms with E-state index in [1.807, 2.05) is 0 Å². The molecule has 2 N–H and O–H groups in total. The van der Waals surface area contributed by atoms with Gasteiger partial charge in [-0.2, -0.15) is 0 Å². The SMILES string of the molecule is Cc1ccc(C(N)Cc2nc(C(C)C)cs2)cc1C. The molecule has 0 aliphatic rings. The van der Waals surface area contributed by atoms with E-state index in [2.05, 4.69) is 56.3 Å². The Morgan fingerprint density at radius 3 is 2.53 bits per heavy atom. The van der Waals surface area contributed by atoms with Crippen molar-refractivity contribution in [3.05, 3.63) is 51.0 Å². The van der Waals surface area contributed by atoms with Gasteiger partial charge in [-0.05, 0) is 36.5 Å². The summed E-state index contributed by atoms with van der Waals surface area (Å²) in [5, 5.41) is 3.28. The van der Waals surface area contributed by atoms with Crippen LogP contribution in [0.25, 0.3) is 0 Å². The van der Waals surface area contributed by atoms with E-state index in [0.717, 1.165) is 11.4 Å². The lowest BCUT2D eigenvalue weighted by atomic mass is 10.00. The van der Waals surface area contributed by atoms with Gasteiger partial charge in [-0.15, -0.1) is 11.3 Å². The summed E-state index contributed by atoms with van der Waals surface area (Å²) in [5.41, 5.74) is 11.3. The Balaban J connectivity index is 2.11. The van der Waals surface area contributed by atoms with Gasteiger partial charge in [0.15, 0.2) is 0 Å². The van der Waals surface area contributed by atoms with Crippen LogP contribution in [0.2, 0.25) is 0 Å². The lowest BCUT2D eigenvalue weighted by Crippen LogP contribution is -2.13. The number of hydrogen-bond acceptors (Lipinski definition) is 3. The lowest BCUT2D eigenvalue weighted by molar-refractivity contribution is 0.709. The van der Waals surface area contributed by atoms with Gasteiger partial charge in [-0.25, -0.2) is 4.98 Å². The van der Waals surface area contributed by atoms with Gasteiger partial charge in [0.2, 0.25) is 0 Å². The molecule has 2 rings (SSSR count). The van der Waals surface area contributed by atoms with E-state index in [0.29, 0.717) is 5.92 Å². The van der Waals surface area contributed by atoms with Gasteiger partial charge < -0.3 is 5.73 Å². The number of aromatic nitrogens is 1. The van der Waals surface area contributed by atoms with Crippen LogP contribution in [0.4, 0.5) is 0 Å². The number of nitrogens with two attached hydrogens (primary N) is 1. The number of benzene rings is 1. The molecule has 0 amide bonds. The predicted molar refractivity (Wildman–Crippen MR) is 82.8 cm³/mol. The molecule has 1 aromatic heterocycles. The number of aryl methyl sites for hydroxylation is 2.